The average Bonchev–Trinajstić information content (AvgIpc) is 2.46. The minimum absolute atomic E-state index is 0.0801. The van der Waals surface area contributed by atoms with Gasteiger partial charge in [-0.05, 0) is 5.56 Å². The van der Waals surface area contributed by atoms with Crippen molar-refractivity contribution in [2.75, 3.05) is 0 Å². The summed E-state index contributed by atoms with van der Waals surface area (Å²) in [5, 5.41) is 2.86. The van der Waals surface area contributed by atoms with Crippen LogP contribution in [0.1, 0.15) is 18.9 Å². The number of hydrogen-bond acceptors (Lipinski definition) is 1. The molecule has 1 heterocycles. The second-order valence-corrected chi connectivity index (χ2v) is 4.08. The number of nitrogens with zero attached hydrogens (tertiary/aromatic N) is 1. The summed E-state index contributed by atoms with van der Waals surface area (Å²) in [6, 6.07) is 14.1. The van der Waals surface area contributed by atoms with Crippen LogP contribution in [-0.4, -0.2) is 5.91 Å². The highest BCUT2D eigenvalue weighted by Crippen LogP contribution is 2.04. The number of rotatable bonds is 4. The molecular weight excluding hydrogens is 224 g/mol. The normalized spacial score (nSPS) is 10.1. The van der Waals surface area contributed by atoms with Crippen LogP contribution in [0, 0.1) is 0 Å². The first-order chi connectivity index (χ1) is 8.79. The zero-order valence-corrected chi connectivity index (χ0v) is 10.5. The number of benzene rings is 1. The van der Waals surface area contributed by atoms with Crippen LogP contribution in [-0.2, 0) is 11.3 Å². The number of hydrogen-bond donors (Lipinski definition) is 1. The molecule has 0 aliphatic heterocycles. The van der Waals surface area contributed by atoms with Crippen molar-refractivity contribution in [1.82, 2.24) is 5.32 Å². The monoisotopic (exact) mass is 241 g/mol. The van der Waals surface area contributed by atoms with Gasteiger partial charge in [0.25, 0.3) is 0 Å². The summed E-state index contributed by atoms with van der Waals surface area (Å²) in [5.74, 6) is 0.0801. The highest BCUT2D eigenvalue weighted by molar-refractivity contribution is 5.75. The molecule has 3 nitrogen and oxygen atoms in total. The van der Waals surface area contributed by atoms with E-state index in [0.717, 1.165) is 11.3 Å². The SMILES string of the molecule is CCC(=O)NCc1ccc(-[n+]2ccccc2)cc1. The third kappa shape index (κ3) is 3.17. The van der Waals surface area contributed by atoms with Gasteiger partial charge in [-0.3, -0.25) is 4.79 Å². The summed E-state index contributed by atoms with van der Waals surface area (Å²) in [7, 11) is 0. The van der Waals surface area contributed by atoms with Crippen molar-refractivity contribution in [3.05, 3.63) is 60.4 Å². The molecule has 1 amide bonds. The van der Waals surface area contributed by atoms with Gasteiger partial charge in [0.2, 0.25) is 11.6 Å². The van der Waals surface area contributed by atoms with Gasteiger partial charge in [-0.2, -0.15) is 4.57 Å². The first kappa shape index (κ1) is 12.3. The lowest BCUT2D eigenvalue weighted by molar-refractivity contribution is -0.595. The average molecular weight is 241 g/mol. The summed E-state index contributed by atoms with van der Waals surface area (Å²) in [6.07, 6.45) is 4.54. The van der Waals surface area contributed by atoms with E-state index < -0.39 is 0 Å². The Morgan fingerprint density at radius 2 is 1.78 bits per heavy atom. The Morgan fingerprint density at radius 3 is 2.39 bits per heavy atom. The van der Waals surface area contributed by atoms with E-state index in [2.05, 4.69) is 9.88 Å². The van der Waals surface area contributed by atoms with Gasteiger partial charge in [0, 0.05) is 37.2 Å². The molecule has 92 valence electrons. The maximum atomic E-state index is 11.2. The molecule has 18 heavy (non-hydrogen) atoms. The van der Waals surface area contributed by atoms with Crippen LogP contribution in [0.25, 0.3) is 5.69 Å². The molecule has 0 atom stereocenters. The van der Waals surface area contributed by atoms with Gasteiger partial charge in [-0.1, -0.05) is 25.1 Å². The minimum Gasteiger partial charge on any atom is -0.352 e. The summed E-state index contributed by atoms with van der Waals surface area (Å²) < 4.78 is 2.05. The zero-order valence-electron chi connectivity index (χ0n) is 10.5. The van der Waals surface area contributed by atoms with Gasteiger partial charge in [-0.25, -0.2) is 0 Å². The minimum atomic E-state index is 0.0801. The van der Waals surface area contributed by atoms with Crippen LogP contribution < -0.4 is 9.88 Å². The molecule has 2 aromatic rings. The van der Waals surface area contributed by atoms with Gasteiger partial charge < -0.3 is 5.32 Å². The van der Waals surface area contributed by atoms with Crippen molar-refractivity contribution < 1.29 is 9.36 Å². The lowest BCUT2D eigenvalue weighted by atomic mass is 10.2. The first-order valence-electron chi connectivity index (χ1n) is 6.12. The molecule has 1 aromatic carbocycles. The van der Waals surface area contributed by atoms with E-state index in [1.807, 2.05) is 61.8 Å². The molecule has 2 rings (SSSR count). The number of carbonyl (C=O) groups excluding carboxylic acids is 1. The summed E-state index contributed by atoms with van der Waals surface area (Å²) in [6.45, 7) is 2.44. The van der Waals surface area contributed by atoms with Gasteiger partial charge in [0.15, 0.2) is 12.4 Å². The first-order valence-corrected chi connectivity index (χ1v) is 6.12. The molecule has 0 radical (unpaired) electrons. The van der Waals surface area contributed by atoms with E-state index in [1.165, 1.54) is 0 Å². The maximum Gasteiger partial charge on any atom is 0.219 e. The fourth-order valence-corrected chi connectivity index (χ4v) is 1.68. The summed E-state index contributed by atoms with van der Waals surface area (Å²) in [4.78, 5) is 11.2. The molecule has 1 N–H and O–H groups in total. The maximum absolute atomic E-state index is 11.2. The molecule has 0 unspecified atom stereocenters. The Kier molecular flexibility index (Phi) is 4.07. The summed E-state index contributed by atoms with van der Waals surface area (Å²) >= 11 is 0. The third-order valence-electron chi connectivity index (χ3n) is 2.76. The Labute approximate surface area is 107 Å². The lowest BCUT2D eigenvalue weighted by Crippen LogP contribution is -2.28. The second kappa shape index (κ2) is 5.96. The van der Waals surface area contributed by atoms with Crippen molar-refractivity contribution in [2.24, 2.45) is 0 Å². The summed E-state index contributed by atoms with van der Waals surface area (Å²) in [5.41, 5.74) is 2.22. The quantitative estimate of drug-likeness (QED) is 0.816. The van der Waals surface area contributed by atoms with Crippen molar-refractivity contribution >= 4 is 5.91 Å². The highest BCUT2D eigenvalue weighted by Gasteiger charge is 2.04. The Hall–Kier alpha value is -2.16. The fourth-order valence-electron chi connectivity index (χ4n) is 1.68. The Balaban J connectivity index is 2.04. The van der Waals surface area contributed by atoms with Gasteiger partial charge in [-0.15, -0.1) is 0 Å². The largest absolute Gasteiger partial charge is 0.352 e. The van der Waals surface area contributed by atoms with E-state index in [4.69, 9.17) is 0 Å². The fraction of sp³-hybridized carbons (Fsp3) is 0.200. The van der Waals surface area contributed by atoms with Crippen LogP contribution in [0.3, 0.4) is 0 Å². The number of carbonyl (C=O) groups is 1. The topological polar surface area (TPSA) is 33.0 Å². The van der Waals surface area contributed by atoms with E-state index in [-0.39, 0.29) is 5.91 Å². The van der Waals surface area contributed by atoms with Crippen LogP contribution in [0.15, 0.2) is 54.9 Å². The number of amides is 1. The predicted octanol–water partition coefficient (Wildman–Crippen LogP) is 1.99. The molecule has 0 spiro atoms. The second-order valence-electron chi connectivity index (χ2n) is 4.08. The molecule has 3 heteroatoms. The van der Waals surface area contributed by atoms with Crippen molar-refractivity contribution in [3.63, 3.8) is 0 Å². The van der Waals surface area contributed by atoms with Gasteiger partial charge in [0.05, 0.1) is 0 Å². The number of aromatic nitrogens is 1. The molecule has 0 aliphatic rings. The molecule has 0 bridgehead atoms. The van der Waals surface area contributed by atoms with Crippen LogP contribution in [0.2, 0.25) is 0 Å². The smallest absolute Gasteiger partial charge is 0.219 e. The molecule has 0 saturated heterocycles. The third-order valence-corrected chi connectivity index (χ3v) is 2.76. The van der Waals surface area contributed by atoms with Crippen LogP contribution in [0.5, 0.6) is 0 Å². The van der Waals surface area contributed by atoms with E-state index in [1.54, 1.807) is 0 Å². The van der Waals surface area contributed by atoms with Crippen molar-refractivity contribution in [3.8, 4) is 5.69 Å². The van der Waals surface area contributed by atoms with Gasteiger partial charge >= 0.3 is 0 Å². The van der Waals surface area contributed by atoms with E-state index in [0.29, 0.717) is 13.0 Å². The molecule has 0 fully saturated rings. The lowest BCUT2D eigenvalue weighted by Gasteiger charge is -2.03. The van der Waals surface area contributed by atoms with Crippen LogP contribution in [0.4, 0.5) is 0 Å². The van der Waals surface area contributed by atoms with Crippen molar-refractivity contribution in [1.29, 1.82) is 0 Å². The van der Waals surface area contributed by atoms with Crippen LogP contribution >= 0.6 is 0 Å². The predicted molar refractivity (Wildman–Crippen MR) is 70.1 cm³/mol. The Bertz CT molecular complexity index is 506. The molecule has 1 aromatic heterocycles. The van der Waals surface area contributed by atoms with E-state index >= 15 is 0 Å². The molecule has 0 aliphatic carbocycles. The molecular formula is C15H17N2O+. The molecule has 0 saturated carbocycles. The number of pyridine rings is 1. The van der Waals surface area contributed by atoms with E-state index in [9.17, 15) is 4.79 Å². The highest BCUT2D eigenvalue weighted by atomic mass is 16.1. The standard InChI is InChI=1S/C15H16N2O/c1-2-15(18)16-12-13-6-8-14(9-7-13)17-10-4-3-5-11-17/h3-11H,2,12H2,1H3/p+1. The van der Waals surface area contributed by atoms with Gasteiger partial charge in [0.1, 0.15) is 0 Å². The Morgan fingerprint density at radius 1 is 1.11 bits per heavy atom. The number of nitrogens with one attached hydrogen (secondary N) is 1. The zero-order chi connectivity index (χ0) is 12.8. The van der Waals surface area contributed by atoms with Crippen molar-refractivity contribution in [2.45, 2.75) is 19.9 Å².